The van der Waals surface area contributed by atoms with Crippen molar-refractivity contribution < 1.29 is 19.1 Å². The van der Waals surface area contributed by atoms with Gasteiger partial charge in [-0.15, -0.1) is 0 Å². The van der Waals surface area contributed by atoms with Crippen LogP contribution in [0.25, 0.3) is 0 Å². The molecule has 20 heavy (non-hydrogen) atoms. The molecule has 1 saturated heterocycles. The largest absolute Gasteiger partial charge is 0.481 e. The number of rotatable bonds is 3. The van der Waals surface area contributed by atoms with Crippen LogP contribution in [0.4, 0.5) is 4.39 Å². The molecule has 0 bridgehead atoms. The van der Waals surface area contributed by atoms with Crippen LogP contribution < -0.4 is 0 Å². The summed E-state index contributed by atoms with van der Waals surface area (Å²) < 4.78 is 12.8. The molecule has 1 fully saturated rings. The van der Waals surface area contributed by atoms with E-state index in [-0.39, 0.29) is 30.1 Å². The van der Waals surface area contributed by atoms with E-state index < -0.39 is 5.97 Å². The van der Waals surface area contributed by atoms with Crippen molar-refractivity contribution in [3.8, 4) is 0 Å². The van der Waals surface area contributed by atoms with Gasteiger partial charge in [0.25, 0.3) is 0 Å². The number of carbonyl (C=O) groups excluding carboxylic acids is 1. The highest BCUT2D eigenvalue weighted by molar-refractivity contribution is 5.79. The van der Waals surface area contributed by atoms with Crippen molar-refractivity contribution in [2.24, 2.45) is 5.92 Å². The van der Waals surface area contributed by atoms with Gasteiger partial charge in [0.05, 0.1) is 12.3 Å². The van der Waals surface area contributed by atoms with Crippen molar-refractivity contribution in [1.29, 1.82) is 0 Å². The third kappa shape index (κ3) is 3.35. The Morgan fingerprint density at radius 3 is 2.55 bits per heavy atom. The number of benzene rings is 1. The zero-order valence-corrected chi connectivity index (χ0v) is 11.4. The number of halogens is 1. The number of hydrogen-bond donors (Lipinski definition) is 1. The monoisotopic (exact) mass is 279 g/mol. The van der Waals surface area contributed by atoms with Crippen LogP contribution in [0.15, 0.2) is 24.3 Å². The number of likely N-dealkylation sites (tertiary alicyclic amines) is 1. The first-order valence-electron chi connectivity index (χ1n) is 6.74. The molecule has 2 atom stereocenters. The van der Waals surface area contributed by atoms with Crippen molar-refractivity contribution in [3.05, 3.63) is 35.6 Å². The molecule has 2 rings (SSSR count). The van der Waals surface area contributed by atoms with Gasteiger partial charge in [0.2, 0.25) is 5.91 Å². The predicted molar refractivity (Wildman–Crippen MR) is 71.6 cm³/mol. The summed E-state index contributed by atoms with van der Waals surface area (Å²) in [5.41, 5.74) is 0.768. The zero-order valence-electron chi connectivity index (χ0n) is 11.4. The van der Waals surface area contributed by atoms with Gasteiger partial charge in [0.1, 0.15) is 5.82 Å². The fourth-order valence-electron chi connectivity index (χ4n) is 2.65. The third-order valence-corrected chi connectivity index (χ3v) is 3.81. The minimum absolute atomic E-state index is 0.0343. The van der Waals surface area contributed by atoms with E-state index in [9.17, 15) is 14.0 Å². The molecular formula is C15H18FNO3. The lowest BCUT2D eigenvalue weighted by atomic mass is 9.91. The van der Waals surface area contributed by atoms with Crippen LogP contribution in [-0.2, 0) is 16.0 Å². The van der Waals surface area contributed by atoms with Crippen LogP contribution in [0.1, 0.15) is 25.3 Å². The lowest BCUT2D eigenvalue weighted by Crippen LogP contribution is -2.46. The number of carboxylic acids is 1. The van der Waals surface area contributed by atoms with Gasteiger partial charge in [-0.3, -0.25) is 9.59 Å². The van der Waals surface area contributed by atoms with Crippen LogP contribution in [0.3, 0.4) is 0 Å². The summed E-state index contributed by atoms with van der Waals surface area (Å²) in [4.78, 5) is 24.9. The molecule has 0 aromatic heterocycles. The van der Waals surface area contributed by atoms with Crippen molar-refractivity contribution in [2.75, 3.05) is 6.54 Å². The second-order valence-electron chi connectivity index (χ2n) is 5.30. The van der Waals surface area contributed by atoms with Gasteiger partial charge in [-0.25, -0.2) is 4.39 Å². The molecule has 1 aliphatic rings. The molecule has 1 N–H and O–H groups in total. The molecule has 1 aliphatic heterocycles. The van der Waals surface area contributed by atoms with Crippen LogP contribution >= 0.6 is 0 Å². The summed E-state index contributed by atoms with van der Waals surface area (Å²) in [5, 5.41) is 9.00. The normalized spacial score (nSPS) is 22.6. The lowest BCUT2D eigenvalue weighted by molar-refractivity contribution is -0.147. The molecule has 4 nitrogen and oxygen atoms in total. The highest BCUT2D eigenvalue weighted by Crippen LogP contribution is 2.23. The van der Waals surface area contributed by atoms with Gasteiger partial charge in [0, 0.05) is 12.6 Å². The average molecular weight is 279 g/mol. The number of hydrogen-bond acceptors (Lipinski definition) is 2. The van der Waals surface area contributed by atoms with Crippen molar-refractivity contribution in [1.82, 2.24) is 4.90 Å². The minimum atomic E-state index is -0.789. The Balaban J connectivity index is 1.96. The number of piperidine rings is 1. The van der Waals surface area contributed by atoms with E-state index in [1.165, 1.54) is 12.1 Å². The number of carbonyl (C=O) groups is 2. The molecule has 1 amide bonds. The van der Waals surface area contributed by atoms with Crippen LogP contribution in [-0.4, -0.2) is 34.5 Å². The Hall–Kier alpha value is -1.91. The first-order valence-corrected chi connectivity index (χ1v) is 6.74. The average Bonchev–Trinajstić information content (AvgIpc) is 2.41. The van der Waals surface area contributed by atoms with Crippen LogP contribution in [0, 0.1) is 11.7 Å². The van der Waals surface area contributed by atoms with E-state index in [2.05, 4.69) is 0 Å². The SMILES string of the molecule is CC1CC(C(=O)O)CCN1C(=O)Cc1ccc(F)cc1. The van der Waals surface area contributed by atoms with Crippen molar-refractivity contribution in [3.63, 3.8) is 0 Å². The van der Waals surface area contributed by atoms with E-state index in [4.69, 9.17) is 5.11 Å². The Morgan fingerprint density at radius 1 is 1.35 bits per heavy atom. The molecule has 1 aromatic rings. The molecule has 2 unspecified atom stereocenters. The number of aliphatic carboxylic acids is 1. The summed E-state index contributed by atoms with van der Waals surface area (Å²) >= 11 is 0. The molecule has 0 radical (unpaired) electrons. The quantitative estimate of drug-likeness (QED) is 0.921. The van der Waals surface area contributed by atoms with Gasteiger partial charge in [0.15, 0.2) is 0 Å². The van der Waals surface area contributed by atoms with Crippen LogP contribution in [0.5, 0.6) is 0 Å². The van der Waals surface area contributed by atoms with Crippen molar-refractivity contribution in [2.45, 2.75) is 32.2 Å². The van der Waals surface area contributed by atoms with Gasteiger partial charge in [-0.05, 0) is 37.5 Å². The Bertz CT molecular complexity index is 500. The Kier molecular flexibility index (Phi) is 4.37. The minimum Gasteiger partial charge on any atom is -0.481 e. The maximum Gasteiger partial charge on any atom is 0.306 e. The summed E-state index contributed by atoms with van der Waals surface area (Å²) in [5.74, 6) is -1.51. The molecular weight excluding hydrogens is 261 g/mol. The molecule has 1 aromatic carbocycles. The van der Waals surface area contributed by atoms with E-state index in [1.807, 2.05) is 6.92 Å². The number of carboxylic acid groups (broad SMARTS) is 1. The smallest absolute Gasteiger partial charge is 0.306 e. The topological polar surface area (TPSA) is 57.6 Å². The molecule has 5 heteroatoms. The van der Waals surface area contributed by atoms with E-state index in [0.717, 1.165) is 5.56 Å². The number of nitrogens with zero attached hydrogens (tertiary/aromatic N) is 1. The molecule has 0 saturated carbocycles. The molecule has 108 valence electrons. The van der Waals surface area contributed by atoms with Gasteiger partial charge < -0.3 is 10.0 Å². The summed E-state index contributed by atoms with van der Waals surface area (Å²) in [6.45, 7) is 2.34. The molecule has 1 heterocycles. The highest BCUT2D eigenvalue weighted by Gasteiger charge is 2.31. The highest BCUT2D eigenvalue weighted by atomic mass is 19.1. The van der Waals surface area contributed by atoms with E-state index >= 15 is 0 Å². The van der Waals surface area contributed by atoms with E-state index in [0.29, 0.717) is 19.4 Å². The van der Waals surface area contributed by atoms with Gasteiger partial charge in [-0.1, -0.05) is 12.1 Å². The first-order chi connectivity index (χ1) is 9.47. The second-order valence-corrected chi connectivity index (χ2v) is 5.30. The van der Waals surface area contributed by atoms with Crippen molar-refractivity contribution >= 4 is 11.9 Å². The maximum atomic E-state index is 12.8. The fraction of sp³-hybridized carbons (Fsp3) is 0.467. The summed E-state index contributed by atoms with van der Waals surface area (Å²) in [6.07, 6.45) is 1.21. The zero-order chi connectivity index (χ0) is 14.7. The summed E-state index contributed by atoms with van der Waals surface area (Å²) in [7, 11) is 0. The molecule has 0 aliphatic carbocycles. The Labute approximate surface area is 117 Å². The van der Waals surface area contributed by atoms with Gasteiger partial charge in [-0.2, -0.15) is 0 Å². The van der Waals surface area contributed by atoms with E-state index in [1.54, 1.807) is 17.0 Å². The first kappa shape index (κ1) is 14.5. The maximum absolute atomic E-state index is 12.8. The second kappa shape index (κ2) is 6.03. The fourth-order valence-corrected chi connectivity index (χ4v) is 2.65. The lowest BCUT2D eigenvalue weighted by Gasteiger charge is -2.36. The van der Waals surface area contributed by atoms with Crippen LogP contribution in [0.2, 0.25) is 0 Å². The number of amides is 1. The Morgan fingerprint density at radius 2 is 2.00 bits per heavy atom. The van der Waals surface area contributed by atoms with Gasteiger partial charge >= 0.3 is 5.97 Å². The summed E-state index contributed by atoms with van der Waals surface area (Å²) in [6, 6.07) is 5.80. The standard InChI is InChI=1S/C15H18FNO3/c1-10-8-12(15(19)20)6-7-17(10)14(18)9-11-2-4-13(16)5-3-11/h2-5,10,12H,6-9H2,1H3,(H,19,20). The molecule has 0 spiro atoms. The predicted octanol–water partition coefficient (Wildman–Crippen LogP) is 2.08. The third-order valence-electron chi connectivity index (χ3n) is 3.81.